The fourth-order valence-corrected chi connectivity index (χ4v) is 2.66. The van der Waals surface area contributed by atoms with Crippen LogP contribution in [0.25, 0.3) is 0 Å². The van der Waals surface area contributed by atoms with Crippen molar-refractivity contribution in [3.05, 3.63) is 63.6 Å². The van der Waals surface area contributed by atoms with Crippen LogP contribution in [0, 0.1) is 11.6 Å². The maximum Gasteiger partial charge on any atom is 0.163 e. The summed E-state index contributed by atoms with van der Waals surface area (Å²) in [6, 6.07) is 9.20. The van der Waals surface area contributed by atoms with Crippen molar-refractivity contribution in [1.29, 1.82) is 0 Å². The molecular weight excluding hydrogens is 350 g/mol. The van der Waals surface area contributed by atoms with Gasteiger partial charge in [-0.05, 0) is 46.6 Å². The Morgan fingerprint density at radius 3 is 2.65 bits per heavy atom. The topological polar surface area (TPSA) is 9.23 Å². The molecule has 0 amide bonds. The van der Waals surface area contributed by atoms with Gasteiger partial charge in [-0.3, -0.25) is 0 Å². The average molecular weight is 362 g/mol. The summed E-state index contributed by atoms with van der Waals surface area (Å²) in [4.78, 5) is 0. The van der Waals surface area contributed by atoms with Crippen molar-refractivity contribution >= 4 is 27.5 Å². The van der Waals surface area contributed by atoms with Crippen LogP contribution in [0.2, 0.25) is 0 Å². The number of halogens is 4. The zero-order chi connectivity index (χ0) is 14.7. The summed E-state index contributed by atoms with van der Waals surface area (Å²) in [6.07, 6.45) is 0. The number of ether oxygens (including phenoxy) is 1. The van der Waals surface area contributed by atoms with Crippen molar-refractivity contribution in [3.63, 3.8) is 0 Å². The molecule has 0 spiro atoms. The quantitative estimate of drug-likeness (QED) is 0.658. The molecule has 106 valence electrons. The number of rotatable bonds is 4. The molecule has 0 aliphatic heterocycles. The molecule has 20 heavy (non-hydrogen) atoms. The molecule has 0 bridgehead atoms. The molecule has 0 radical (unpaired) electrons. The van der Waals surface area contributed by atoms with Gasteiger partial charge in [0.2, 0.25) is 0 Å². The van der Waals surface area contributed by atoms with Crippen LogP contribution >= 0.6 is 27.5 Å². The van der Waals surface area contributed by atoms with E-state index in [4.69, 9.17) is 16.3 Å². The minimum absolute atomic E-state index is 0.114. The van der Waals surface area contributed by atoms with Gasteiger partial charge in [-0.2, -0.15) is 0 Å². The van der Waals surface area contributed by atoms with Crippen molar-refractivity contribution in [2.75, 3.05) is 6.61 Å². The number of benzene rings is 2. The highest BCUT2D eigenvalue weighted by molar-refractivity contribution is 9.10. The van der Waals surface area contributed by atoms with E-state index >= 15 is 0 Å². The fraction of sp³-hybridized carbons (Fsp3) is 0.200. The Labute approximate surface area is 129 Å². The van der Waals surface area contributed by atoms with Crippen LogP contribution in [-0.2, 0) is 0 Å². The molecular formula is C15H12BrClF2O. The first-order chi connectivity index (χ1) is 9.54. The molecule has 0 aliphatic rings. The van der Waals surface area contributed by atoms with Gasteiger partial charge in [-0.1, -0.05) is 18.2 Å². The average Bonchev–Trinajstić information content (AvgIpc) is 2.43. The minimum atomic E-state index is -0.919. The summed E-state index contributed by atoms with van der Waals surface area (Å²) in [5, 5.41) is -0.766. The van der Waals surface area contributed by atoms with E-state index in [0.717, 1.165) is 10.5 Å². The molecule has 0 N–H and O–H groups in total. The van der Waals surface area contributed by atoms with Gasteiger partial charge in [0, 0.05) is 5.56 Å². The van der Waals surface area contributed by atoms with Gasteiger partial charge < -0.3 is 4.74 Å². The molecule has 5 heteroatoms. The van der Waals surface area contributed by atoms with Gasteiger partial charge in [-0.15, -0.1) is 11.6 Å². The predicted octanol–water partition coefficient (Wildman–Crippen LogP) is 5.45. The van der Waals surface area contributed by atoms with Gasteiger partial charge in [-0.25, -0.2) is 8.78 Å². The molecule has 0 heterocycles. The van der Waals surface area contributed by atoms with Crippen LogP contribution in [0.5, 0.6) is 5.75 Å². The van der Waals surface area contributed by atoms with E-state index in [1.165, 1.54) is 12.1 Å². The minimum Gasteiger partial charge on any atom is -0.493 e. The van der Waals surface area contributed by atoms with Crippen molar-refractivity contribution < 1.29 is 13.5 Å². The molecule has 0 aliphatic carbocycles. The molecule has 0 aromatic heterocycles. The number of alkyl halides is 1. The van der Waals surface area contributed by atoms with Crippen LogP contribution in [0.3, 0.4) is 0 Å². The smallest absolute Gasteiger partial charge is 0.163 e. The first kappa shape index (κ1) is 15.3. The summed E-state index contributed by atoms with van der Waals surface area (Å²) in [6.45, 7) is 2.42. The Kier molecular flexibility index (Phi) is 5.00. The van der Waals surface area contributed by atoms with Crippen molar-refractivity contribution in [2.24, 2.45) is 0 Å². The highest BCUT2D eigenvalue weighted by Gasteiger charge is 2.18. The Morgan fingerprint density at radius 2 is 2.00 bits per heavy atom. The summed E-state index contributed by atoms with van der Waals surface area (Å²) < 4.78 is 33.1. The van der Waals surface area contributed by atoms with E-state index in [9.17, 15) is 8.78 Å². The lowest BCUT2D eigenvalue weighted by Gasteiger charge is -2.14. The molecule has 1 nitrogen and oxygen atoms in total. The molecule has 1 unspecified atom stereocenters. The fourth-order valence-electron chi connectivity index (χ4n) is 1.84. The van der Waals surface area contributed by atoms with Gasteiger partial charge >= 0.3 is 0 Å². The highest BCUT2D eigenvalue weighted by Crippen LogP contribution is 2.35. The van der Waals surface area contributed by atoms with Gasteiger partial charge in [0.15, 0.2) is 11.6 Å². The Balaban J connectivity index is 2.36. The molecule has 2 rings (SSSR count). The number of hydrogen-bond acceptors (Lipinski definition) is 1. The van der Waals surface area contributed by atoms with E-state index in [1.54, 1.807) is 18.2 Å². The summed E-state index contributed by atoms with van der Waals surface area (Å²) in [5.74, 6) is -1.14. The van der Waals surface area contributed by atoms with Crippen molar-refractivity contribution in [1.82, 2.24) is 0 Å². The second kappa shape index (κ2) is 6.55. The lowest BCUT2D eigenvalue weighted by atomic mass is 10.0. The molecule has 0 saturated carbocycles. The Hall–Kier alpha value is -1.13. The standard InChI is InChI=1S/C15H12BrClF2O/c1-2-20-13-7-6-9(8-11(13)16)14(17)10-4-3-5-12(18)15(10)19/h3-8,14H,2H2,1H3. The second-order valence-electron chi connectivity index (χ2n) is 4.13. The Bertz CT molecular complexity index is 619. The monoisotopic (exact) mass is 360 g/mol. The van der Waals surface area contributed by atoms with Crippen LogP contribution < -0.4 is 4.74 Å². The van der Waals surface area contributed by atoms with E-state index in [1.807, 2.05) is 6.92 Å². The normalized spacial score (nSPS) is 12.2. The molecule has 0 fully saturated rings. The van der Waals surface area contributed by atoms with Crippen LogP contribution in [0.15, 0.2) is 40.9 Å². The maximum atomic E-state index is 13.7. The van der Waals surface area contributed by atoms with Crippen molar-refractivity contribution in [2.45, 2.75) is 12.3 Å². The zero-order valence-electron chi connectivity index (χ0n) is 10.7. The first-order valence-electron chi connectivity index (χ1n) is 6.04. The van der Waals surface area contributed by atoms with Crippen LogP contribution in [-0.4, -0.2) is 6.61 Å². The summed E-state index contributed by atoms with van der Waals surface area (Å²) in [5.41, 5.74) is 0.772. The molecule has 2 aromatic carbocycles. The highest BCUT2D eigenvalue weighted by atomic mass is 79.9. The number of hydrogen-bond donors (Lipinski definition) is 0. The third kappa shape index (κ3) is 3.13. The third-order valence-electron chi connectivity index (χ3n) is 2.80. The summed E-state index contributed by atoms with van der Waals surface area (Å²) in [7, 11) is 0. The van der Waals surface area contributed by atoms with Gasteiger partial charge in [0.05, 0.1) is 16.5 Å². The van der Waals surface area contributed by atoms with Gasteiger partial charge in [0.1, 0.15) is 5.75 Å². The first-order valence-corrected chi connectivity index (χ1v) is 7.27. The van der Waals surface area contributed by atoms with E-state index in [2.05, 4.69) is 15.9 Å². The van der Waals surface area contributed by atoms with Crippen LogP contribution in [0.4, 0.5) is 8.78 Å². The second-order valence-corrected chi connectivity index (χ2v) is 5.42. The predicted molar refractivity (Wildman–Crippen MR) is 79.4 cm³/mol. The lowest BCUT2D eigenvalue weighted by Crippen LogP contribution is -2.00. The van der Waals surface area contributed by atoms with E-state index < -0.39 is 17.0 Å². The Morgan fingerprint density at radius 1 is 1.25 bits per heavy atom. The molecule has 1 atom stereocenters. The zero-order valence-corrected chi connectivity index (χ0v) is 13.0. The van der Waals surface area contributed by atoms with E-state index in [0.29, 0.717) is 17.9 Å². The third-order valence-corrected chi connectivity index (χ3v) is 3.91. The van der Waals surface area contributed by atoms with E-state index in [-0.39, 0.29) is 5.56 Å². The summed E-state index contributed by atoms with van der Waals surface area (Å²) >= 11 is 9.61. The van der Waals surface area contributed by atoms with Crippen LogP contribution in [0.1, 0.15) is 23.4 Å². The van der Waals surface area contributed by atoms with Crippen molar-refractivity contribution in [3.8, 4) is 5.75 Å². The van der Waals surface area contributed by atoms with Gasteiger partial charge in [0.25, 0.3) is 0 Å². The largest absolute Gasteiger partial charge is 0.493 e. The lowest BCUT2D eigenvalue weighted by molar-refractivity contribution is 0.338. The molecule has 0 saturated heterocycles. The molecule has 2 aromatic rings. The maximum absolute atomic E-state index is 13.7. The SMILES string of the molecule is CCOc1ccc(C(Cl)c2cccc(F)c2F)cc1Br.